The summed E-state index contributed by atoms with van der Waals surface area (Å²) in [4.78, 5) is 22.6. The van der Waals surface area contributed by atoms with Gasteiger partial charge in [-0.15, -0.1) is 12.4 Å². The molecule has 18 heavy (non-hydrogen) atoms. The predicted octanol–water partition coefficient (Wildman–Crippen LogP) is 0.614. The fourth-order valence-electron chi connectivity index (χ4n) is 1.76. The summed E-state index contributed by atoms with van der Waals surface area (Å²) in [5, 5.41) is 5.71. The van der Waals surface area contributed by atoms with Crippen LogP contribution in [0, 0.1) is 0 Å². The van der Waals surface area contributed by atoms with Crippen LogP contribution in [0.25, 0.3) is 0 Å². The molecule has 2 rings (SSSR count). The number of benzene rings is 1. The van der Waals surface area contributed by atoms with Crippen molar-refractivity contribution in [3.63, 3.8) is 0 Å². The van der Waals surface area contributed by atoms with E-state index in [9.17, 15) is 9.59 Å². The van der Waals surface area contributed by atoms with E-state index in [2.05, 4.69) is 15.4 Å². The third-order valence-corrected chi connectivity index (χ3v) is 2.72. The van der Waals surface area contributed by atoms with Gasteiger partial charge in [-0.1, -0.05) is 6.07 Å². The minimum atomic E-state index is -0.457. The molecular formula is C12H15ClN2O3. The Morgan fingerprint density at radius 1 is 1.33 bits per heavy atom. The molecule has 0 saturated heterocycles. The lowest BCUT2D eigenvalue weighted by atomic mass is 10.1. The van der Waals surface area contributed by atoms with Crippen molar-refractivity contribution < 1.29 is 14.3 Å². The average Bonchev–Trinajstić information content (AvgIpc) is 2.82. The maximum Gasteiger partial charge on any atom is 0.325 e. The van der Waals surface area contributed by atoms with Crippen molar-refractivity contribution in [1.82, 2.24) is 10.6 Å². The number of amides is 1. The molecule has 0 unspecified atom stereocenters. The van der Waals surface area contributed by atoms with Gasteiger partial charge in [0.05, 0.1) is 7.11 Å². The highest BCUT2D eigenvalue weighted by molar-refractivity contribution is 5.96. The number of esters is 1. The van der Waals surface area contributed by atoms with Gasteiger partial charge in [-0.3, -0.25) is 9.59 Å². The molecule has 2 N–H and O–H groups in total. The number of carbonyl (C=O) groups excluding carboxylic acids is 2. The van der Waals surface area contributed by atoms with Crippen molar-refractivity contribution in [2.75, 3.05) is 13.7 Å². The van der Waals surface area contributed by atoms with Crippen LogP contribution in [0.3, 0.4) is 0 Å². The van der Waals surface area contributed by atoms with Crippen LogP contribution >= 0.6 is 12.4 Å². The Hall–Kier alpha value is -1.59. The Morgan fingerprint density at radius 3 is 2.78 bits per heavy atom. The second kappa shape index (κ2) is 6.37. The maximum absolute atomic E-state index is 11.7. The molecule has 1 aliphatic rings. The van der Waals surface area contributed by atoms with Crippen molar-refractivity contribution in [1.29, 1.82) is 0 Å². The first kappa shape index (κ1) is 14.5. The van der Waals surface area contributed by atoms with Gasteiger partial charge >= 0.3 is 5.97 Å². The molecule has 5 nitrogen and oxygen atoms in total. The van der Waals surface area contributed by atoms with Crippen LogP contribution in [0.4, 0.5) is 0 Å². The quantitative estimate of drug-likeness (QED) is 0.790. The molecule has 0 aliphatic carbocycles. The second-order valence-corrected chi connectivity index (χ2v) is 3.85. The molecule has 1 heterocycles. The molecule has 98 valence electrons. The predicted molar refractivity (Wildman–Crippen MR) is 68.6 cm³/mol. The van der Waals surface area contributed by atoms with Crippen LogP contribution in [0.5, 0.6) is 0 Å². The van der Waals surface area contributed by atoms with Crippen LogP contribution in [0.1, 0.15) is 21.5 Å². The summed E-state index contributed by atoms with van der Waals surface area (Å²) in [5.74, 6) is -0.716. The van der Waals surface area contributed by atoms with E-state index in [1.165, 1.54) is 12.7 Å². The van der Waals surface area contributed by atoms with Crippen LogP contribution in [0.2, 0.25) is 0 Å². The monoisotopic (exact) mass is 270 g/mol. The summed E-state index contributed by atoms with van der Waals surface area (Å²) < 4.78 is 4.45. The van der Waals surface area contributed by atoms with Crippen molar-refractivity contribution in [2.45, 2.75) is 13.1 Å². The standard InChI is InChI=1S/C12H14N2O3.ClH/c1-17-11(15)7-14-12(16)8-2-3-9-5-13-6-10(9)4-8;/h2-4,13H,5-7H2,1H3,(H,14,16);1H. The summed E-state index contributed by atoms with van der Waals surface area (Å²) in [6, 6.07) is 5.54. The summed E-state index contributed by atoms with van der Waals surface area (Å²) >= 11 is 0. The van der Waals surface area contributed by atoms with Gasteiger partial charge in [0.15, 0.2) is 0 Å². The lowest BCUT2D eigenvalue weighted by Gasteiger charge is -2.05. The van der Waals surface area contributed by atoms with E-state index >= 15 is 0 Å². The van der Waals surface area contributed by atoms with Crippen molar-refractivity contribution >= 4 is 24.3 Å². The van der Waals surface area contributed by atoms with E-state index in [0.717, 1.165) is 18.7 Å². The largest absolute Gasteiger partial charge is 0.468 e. The van der Waals surface area contributed by atoms with Crippen molar-refractivity contribution in [3.05, 3.63) is 34.9 Å². The summed E-state index contributed by atoms with van der Waals surface area (Å²) in [5.41, 5.74) is 2.92. The van der Waals surface area contributed by atoms with E-state index < -0.39 is 5.97 Å². The topological polar surface area (TPSA) is 67.4 Å². The molecule has 0 saturated carbocycles. The first-order valence-electron chi connectivity index (χ1n) is 5.38. The highest BCUT2D eigenvalue weighted by Gasteiger charge is 2.13. The van der Waals surface area contributed by atoms with E-state index in [4.69, 9.17) is 0 Å². The van der Waals surface area contributed by atoms with Gasteiger partial charge in [0, 0.05) is 18.7 Å². The summed E-state index contributed by atoms with van der Waals surface area (Å²) in [6.45, 7) is 1.53. The van der Waals surface area contributed by atoms with Crippen molar-refractivity contribution in [3.8, 4) is 0 Å². The molecule has 1 amide bonds. The molecule has 0 aromatic heterocycles. The lowest BCUT2D eigenvalue weighted by molar-refractivity contribution is -0.139. The number of carbonyl (C=O) groups is 2. The zero-order valence-corrected chi connectivity index (χ0v) is 10.8. The Balaban J connectivity index is 0.00000162. The van der Waals surface area contributed by atoms with Gasteiger partial charge in [0.25, 0.3) is 5.91 Å². The number of halogens is 1. The third kappa shape index (κ3) is 3.21. The number of hydrogen-bond acceptors (Lipinski definition) is 4. The molecular weight excluding hydrogens is 256 g/mol. The summed E-state index contributed by atoms with van der Waals surface area (Å²) in [7, 11) is 1.29. The zero-order valence-electron chi connectivity index (χ0n) is 9.99. The molecule has 0 atom stereocenters. The number of rotatable bonds is 3. The molecule has 0 spiro atoms. The number of methoxy groups -OCH3 is 1. The van der Waals surface area contributed by atoms with Gasteiger partial charge in [-0.05, 0) is 23.3 Å². The van der Waals surface area contributed by atoms with Gasteiger partial charge in [-0.25, -0.2) is 0 Å². The zero-order chi connectivity index (χ0) is 12.3. The van der Waals surface area contributed by atoms with Gasteiger partial charge < -0.3 is 15.4 Å². The van der Waals surface area contributed by atoms with Crippen LogP contribution in [0.15, 0.2) is 18.2 Å². The highest BCUT2D eigenvalue weighted by atomic mass is 35.5. The Kier molecular flexibility index (Phi) is 5.12. The average molecular weight is 271 g/mol. The first-order chi connectivity index (χ1) is 8.20. The highest BCUT2D eigenvalue weighted by Crippen LogP contribution is 2.16. The number of nitrogens with one attached hydrogen (secondary N) is 2. The van der Waals surface area contributed by atoms with E-state index in [-0.39, 0.29) is 24.9 Å². The normalized spacial score (nSPS) is 12.3. The van der Waals surface area contributed by atoms with Gasteiger partial charge in [0.2, 0.25) is 0 Å². The minimum absolute atomic E-state index is 0. The molecule has 1 aromatic carbocycles. The van der Waals surface area contributed by atoms with Gasteiger partial charge in [-0.2, -0.15) is 0 Å². The fraction of sp³-hybridized carbons (Fsp3) is 0.333. The van der Waals surface area contributed by atoms with Gasteiger partial charge in [0.1, 0.15) is 6.54 Å². The maximum atomic E-state index is 11.7. The molecule has 1 aliphatic heterocycles. The van der Waals surface area contributed by atoms with E-state index in [0.29, 0.717) is 5.56 Å². The van der Waals surface area contributed by atoms with E-state index in [1.54, 1.807) is 6.07 Å². The van der Waals surface area contributed by atoms with Crippen LogP contribution < -0.4 is 10.6 Å². The third-order valence-electron chi connectivity index (χ3n) is 2.72. The number of ether oxygens (including phenoxy) is 1. The van der Waals surface area contributed by atoms with Crippen LogP contribution in [-0.4, -0.2) is 25.5 Å². The number of fused-ring (bicyclic) bond motifs is 1. The number of hydrogen-bond donors (Lipinski definition) is 2. The Morgan fingerprint density at radius 2 is 2.06 bits per heavy atom. The second-order valence-electron chi connectivity index (χ2n) is 3.85. The molecule has 0 fully saturated rings. The van der Waals surface area contributed by atoms with E-state index in [1.807, 2.05) is 12.1 Å². The minimum Gasteiger partial charge on any atom is -0.468 e. The first-order valence-corrected chi connectivity index (χ1v) is 5.38. The SMILES string of the molecule is COC(=O)CNC(=O)c1ccc2c(c1)CNC2.Cl. The fourth-order valence-corrected chi connectivity index (χ4v) is 1.76. The molecule has 0 radical (unpaired) electrons. The molecule has 1 aromatic rings. The lowest BCUT2D eigenvalue weighted by Crippen LogP contribution is -2.30. The molecule has 6 heteroatoms. The molecule has 0 bridgehead atoms. The van der Waals surface area contributed by atoms with Crippen molar-refractivity contribution in [2.24, 2.45) is 0 Å². The smallest absolute Gasteiger partial charge is 0.325 e. The Labute approximate surface area is 111 Å². The Bertz CT molecular complexity index is 463. The summed E-state index contributed by atoms with van der Waals surface area (Å²) in [6.07, 6.45) is 0. The van der Waals surface area contributed by atoms with Crippen LogP contribution in [-0.2, 0) is 22.6 Å².